The van der Waals surface area contributed by atoms with Crippen molar-refractivity contribution in [2.45, 2.75) is 71.1 Å². The summed E-state index contributed by atoms with van der Waals surface area (Å²) < 4.78 is 0. The number of hydrogen-bond donors (Lipinski definition) is 6. The zero-order valence-electron chi connectivity index (χ0n) is 19.0. The summed E-state index contributed by atoms with van der Waals surface area (Å²) in [6.07, 6.45) is 3.27. The Morgan fingerprint density at radius 3 is 2.03 bits per heavy atom. The van der Waals surface area contributed by atoms with Crippen molar-refractivity contribution in [3.8, 4) is 0 Å². The first-order chi connectivity index (χ1) is 14.5. The van der Waals surface area contributed by atoms with E-state index in [0.717, 1.165) is 5.75 Å². The van der Waals surface area contributed by atoms with Crippen LogP contribution >= 0.6 is 24.4 Å². The van der Waals surface area contributed by atoms with E-state index in [1.807, 2.05) is 34.0 Å². The quantitative estimate of drug-likeness (QED) is 0.189. The van der Waals surface area contributed by atoms with Crippen LogP contribution in [-0.2, 0) is 19.2 Å². The molecule has 0 aliphatic heterocycles. The highest BCUT2D eigenvalue weighted by Crippen LogP contribution is 2.10. The highest BCUT2D eigenvalue weighted by atomic mass is 32.2. The van der Waals surface area contributed by atoms with Gasteiger partial charge in [0.1, 0.15) is 18.1 Å². The maximum absolute atomic E-state index is 12.9. The van der Waals surface area contributed by atoms with Crippen molar-refractivity contribution in [2.75, 3.05) is 17.8 Å². The van der Waals surface area contributed by atoms with Crippen molar-refractivity contribution >= 4 is 48.1 Å². The molecular formula is C20H38N4O5S2. The molecule has 0 saturated carbocycles. The minimum Gasteiger partial charge on any atom is -0.480 e. The third kappa shape index (κ3) is 11.1. The second-order valence-corrected chi connectivity index (χ2v) is 9.38. The standard InChI is InChI=1S/C20H38N4O5S2/c1-6-12(4)16(24-17(25)13(21)7-8-31-5)19(27)23-15(10-30)18(26)22-14(20(28)29)9-11(2)3/h11-16,30H,6-10,21H2,1-5H3,(H,22,26)(H,23,27)(H,24,25)(H,28,29). The molecule has 11 heteroatoms. The third-order valence-corrected chi connectivity index (χ3v) is 5.91. The molecule has 0 fully saturated rings. The SMILES string of the molecule is CCC(C)C(NC(=O)C(N)CCSC)C(=O)NC(CS)C(=O)NC(CC(C)C)C(=O)O. The Labute approximate surface area is 194 Å². The van der Waals surface area contributed by atoms with Gasteiger partial charge in [0.05, 0.1) is 6.04 Å². The molecule has 0 aliphatic rings. The maximum Gasteiger partial charge on any atom is 0.326 e. The van der Waals surface area contributed by atoms with Crippen molar-refractivity contribution in [1.29, 1.82) is 0 Å². The van der Waals surface area contributed by atoms with Crippen molar-refractivity contribution in [3.63, 3.8) is 0 Å². The number of rotatable bonds is 15. The Hall–Kier alpha value is -1.46. The van der Waals surface area contributed by atoms with Crippen LogP contribution in [0.5, 0.6) is 0 Å². The van der Waals surface area contributed by atoms with Gasteiger partial charge in [0.15, 0.2) is 0 Å². The molecule has 0 bridgehead atoms. The lowest BCUT2D eigenvalue weighted by molar-refractivity contribution is -0.142. The van der Waals surface area contributed by atoms with Gasteiger partial charge in [-0.2, -0.15) is 24.4 Å². The number of carbonyl (C=O) groups excluding carboxylic acids is 3. The van der Waals surface area contributed by atoms with Gasteiger partial charge < -0.3 is 26.8 Å². The van der Waals surface area contributed by atoms with Gasteiger partial charge in [-0.25, -0.2) is 4.79 Å². The van der Waals surface area contributed by atoms with Crippen LogP contribution in [-0.4, -0.2) is 70.7 Å². The van der Waals surface area contributed by atoms with E-state index < -0.39 is 47.9 Å². The molecule has 5 atom stereocenters. The summed E-state index contributed by atoms with van der Waals surface area (Å²) in [7, 11) is 0. The van der Waals surface area contributed by atoms with Gasteiger partial charge >= 0.3 is 5.97 Å². The summed E-state index contributed by atoms with van der Waals surface area (Å²) in [5.74, 6) is -2.19. The van der Waals surface area contributed by atoms with E-state index in [1.54, 1.807) is 11.8 Å². The predicted molar refractivity (Wildman–Crippen MR) is 127 cm³/mol. The molecule has 6 N–H and O–H groups in total. The van der Waals surface area contributed by atoms with Crippen LogP contribution in [0.2, 0.25) is 0 Å². The summed E-state index contributed by atoms with van der Waals surface area (Å²) in [6.45, 7) is 7.40. The second-order valence-electron chi connectivity index (χ2n) is 8.03. The molecule has 9 nitrogen and oxygen atoms in total. The summed E-state index contributed by atoms with van der Waals surface area (Å²) in [6, 6.07) is -3.72. The highest BCUT2D eigenvalue weighted by Gasteiger charge is 2.32. The van der Waals surface area contributed by atoms with E-state index in [1.165, 1.54) is 0 Å². The molecule has 180 valence electrons. The molecule has 0 aromatic rings. The van der Waals surface area contributed by atoms with Crippen LogP contribution < -0.4 is 21.7 Å². The minimum absolute atomic E-state index is 0.0278. The van der Waals surface area contributed by atoms with Crippen LogP contribution in [0.1, 0.15) is 47.0 Å². The first-order valence-electron chi connectivity index (χ1n) is 10.5. The van der Waals surface area contributed by atoms with Crippen molar-refractivity contribution in [1.82, 2.24) is 16.0 Å². The number of nitrogens with two attached hydrogens (primary N) is 1. The lowest BCUT2D eigenvalue weighted by Gasteiger charge is -2.27. The van der Waals surface area contributed by atoms with Crippen molar-refractivity contribution in [3.05, 3.63) is 0 Å². The van der Waals surface area contributed by atoms with Crippen molar-refractivity contribution < 1.29 is 24.3 Å². The summed E-state index contributed by atoms with van der Waals surface area (Å²) in [5.41, 5.74) is 5.90. The molecule has 0 aromatic heterocycles. The largest absolute Gasteiger partial charge is 0.480 e. The summed E-state index contributed by atoms with van der Waals surface area (Å²) in [4.78, 5) is 49.3. The molecule has 0 rings (SSSR count). The Balaban J connectivity index is 5.24. The number of hydrogen-bond acceptors (Lipinski definition) is 7. The zero-order chi connectivity index (χ0) is 24.1. The van der Waals surface area contributed by atoms with Crippen LogP contribution in [0.15, 0.2) is 0 Å². The molecule has 3 amide bonds. The lowest BCUT2D eigenvalue weighted by Crippen LogP contribution is -2.59. The zero-order valence-corrected chi connectivity index (χ0v) is 20.7. The number of nitrogens with one attached hydrogen (secondary N) is 3. The van der Waals surface area contributed by atoms with E-state index in [2.05, 4.69) is 28.6 Å². The Kier molecular flexibility index (Phi) is 14.6. The van der Waals surface area contributed by atoms with Crippen LogP contribution in [0.3, 0.4) is 0 Å². The second kappa shape index (κ2) is 15.4. The molecule has 0 heterocycles. The van der Waals surface area contributed by atoms with E-state index >= 15 is 0 Å². The first kappa shape index (κ1) is 29.5. The van der Waals surface area contributed by atoms with E-state index in [-0.39, 0.29) is 24.0 Å². The van der Waals surface area contributed by atoms with E-state index in [4.69, 9.17) is 5.73 Å². The summed E-state index contributed by atoms with van der Waals surface area (Å²) in [5, 5.41) is 17.1. The van der Waals surface area contributed by atoms with Gasteiger partial charge in [-0.05, 0) is 36.7 Å². The van der Waals surface area contributed by atoms with Gasteiger partial charge in [-0.1, -0.05) is 34.1 Å². The molecule has 0 aromatic carbocycles. The van der Waals surface area contributed by atoms with E-state index in [9.17, 15) is 24.3 Å². The topological polar surface area (TPSA) is 151 Å². The van der Waals surface area contributed by atoms with Crippen LogP contribution in [0.4, 0.5) is 0 Å². The molecule has 0 aliphatic carbocycles. The van der Waals surface area contributed by atoms with Gasteiger partial charge in [0.2, 0.25) is 17.7 Å². The lowest BCUT2D eigenvalue weighted by atomic mass is 9.97. The fourth-order valence-corrected chi connectivity index (χ4v) is 3.51. The average molecular weight is 479 g/mol. The van der Waals surface area contributed by atoms with Gasteiger partial charge in [-0.3, -0.25) is 14.4 Å². The average Bonchev–Trinajstić information content (AvgIpc) is 2.71. The fourth-order valence-electron chi connectivity index (χ4n) is 2.76. The van der Waals surface area contributed by atoms with Crippen molar-refractivity contribution in [2.24, 2.45) is 17.6 Å². The Bertz CT molecular complexity index is 606. The Morgan fingerprint density at radius 2 is 1.58 bits per heavy atom. The Morgan fingerprint density at radius 1 is 1.00 bits per heavy atom. The predicted octanol–water partition coefficient (Wildman–Crippen LogP) is 0.628. The monoisotopic (exact) mass is 478 g/mol. The first-order valence-corrected chi connectivity index (χ1v) is 12.5. The van der Waals surface area contributed by atoms with E-state index in [0.29, 0.717) is 12.8 Å². The molecule has 31 heavy (non-hydrogen) atoms. The third-order valence-electron chi connectivity index (χ3n) is 4.90. The molecule has 0 saturated heterocycles. The number of thiol groups is 1. The highest BCUT2D eigenvalue weighted by molar-refractivity contribution is 7.98. The normalized spacial score (nSPS) is 16.0. The van der Waals surface area contributed by atoms with Crippen LogP contribution in [0, 0.1) is 11.8 Å². The maximum atomic E-state index is 12.9. The number of amides is 3. The molecule has 0 spiro atoms. The number of thioether (sulfide) groups is 1. The molecule has 0 radical (unpaired) electrons. The van der Waals surface area contributed by atoms with Gasteiger partial charge in [0.25, 0.3) is 0 Å². The number of carbonyl (C=O) groups is 4. The minimum atomic E-state index is -1.14. The summed E-state index contributed by atoms with van der Waals surface area (Å²) >= 11 is 5.70. The molecule has 5 unspecified atom stereocenters. The van der Waals surface area contributed by atoms with Crippen LogP contribution in [0.25, 0.3) is 0 Å². The molecular weight excluding hydrogens is 440 g/mol. The smallest absolute Gasteiger partial charge is 0.326 e. The van der Waals surface area contributed by atoms with Gasteiger partial charge in [-0.15, -0.1) is 0 Å². The van der Waals surface area contributed by atoms with Gasteiger partial charge in [0, 0.05) is 5.75 Å². The fraction of sp³-hybridized carbons (Fsp3) is 0.800. The number of carboxylic acids is 1. The number of aliphatic carboxylic acids is 1. The number of carboxylic acid groups (broad SMARTS) is 1.